The van der Waals surface area contributed by atoms with Crippen LogP contribution in [0.5, 0.6) is 0 Å². The fourth-order valence-electron chi connectivity index (χ4n) is 2.13. The molecule has 0 spiro atoms. The Balaban J connectivity index is 2.79. The van der Waals surface area contributed by atoms with Crippen molar-refractivity contribution < 1.29 is 19.4 Å². The van der Waals surface area contributed by atoms with Crippen LogP contribution in [0.1, 0.15) is 26.7 Å². The van der Waals surface area contributed by atoms with Crippen molar-refractivity contribution in [3.05, 3.63) is 0 Å². The summed E-state index contributed by atoms with van der Waals surface area (Å²) in [4.78, 5) is 24.7. The van der Waals surface area contributed by atoms with Crippen LogP contribution in [0, 0.1) is 5.92 Å². The lowest BCUT2D eigenvalue weighted by Crippen LogP contribution is -2.50. The Labute approximate surface area is 107 Å². The number of carbonyl (C=O) groups is 2. The van der Waals surface area contributed by atoms with Gasteiger partial charge in [0.1, 0.15) is 6.04 Å². The minimum atomic E-state index is -1.00. The van der Waals surface area contributed by atoms with Crippen LogP contribution in [0.2, 0.25) is 0 Å². The van der Waals surface area contributed by atoms with Crippen LogP contribution in [0.3, 0.4) is 0 Å². The number of carboxylic acids is 1. The molecule has 1 rings (SSSR count). The van der Waals surface area contributed by atoms with Crippen LogP contribution >= 0.6 is 0 Å². The molecule has 0 saturated carbocycles. The third-order valence-electron chi connectivity index (χ3n) is 3.71. The first-order valence-electron chi connectivity index (χ1n) is 6.24. The van der Waals surface area contributed by atoms with Crippen molar-refractivity contribution in [2.45, 2.75) is 44.9 Å². The van der Waals surface area contributed by atoms with Gasteiger partial charge in [-0.05, 0) is 5.92 Å². The number of aliphatic carboxylic acids is 1. The Kier molecular flexibility index (Phi) is 5.10. The third kappa shape index (κ3) is 3.00. The molecule has 3 N–H and O–H groups in total. The second-order valence-corrected chi connectivity index (χ2v) is 4.85. The molecule has 0 aliphatic carbocycles. The maximum Gasteiger partial charge on any atom is 0.326 e. The van der Waals surface area contributed by atoms with Gasteiger partial charge in [0.2, 0.25) is 5.91 Å². The van der Waals surface area contributed by atoms with Gasteiger partial charge in [0.25, 0.3) is 0 Å². The van der Waals surface area contributed by atoms with Gasteiger partial charge >= 0.3 is 5.97 Å². The van der Waals surface area contributed by atoms with Crippen molar-refractivity contribution in [3.8, 4) is 0 Å². The Bertz CT molecular complexity index is 321. The molecule has 1 aliphatic heterocycles. The second-order valence-electron chi connectivity index (χ2n) is 4.85. The van der Waals surface area contributed by atoms with E-state index in [0.29, 0.717) is 13.0 Å². The standard InChI is InChI=1S/C12H22N2O4/c1-4-7(2)10(13)11(15)14-6-8(18-3)5-9(14)12(16)17/h7-10H,4-6,13H2,1-3H3,(H,16,17)/t7?,8?,9?,10-/m0/s1. The number of hydrogen-bond donors (Lipinski definition) is 2. The highest BCUT2D eigenvalue weighted by molar-refractivity contribution is 5.87. The number of rotatable bonds is 5. The van der Waals surface area contributed by atoms with Crippen molar-refractivity contribution in [2.24, 2.45) is 11.7 Å². The van der Waals surface area contributed by atoms with Gasteiger partial charge in [-0.2, -0.15) is 0 Å². The Morgan fingerprint density at radius 2 is 2.17 bits per heavy atom. The number of carbonyl (C=O) groups excluding carboxylic acids is 1. The highest BCUT2D eigenvalue weighted by Gasteiger charge is 2.41. The van der Waals surface area contributed by atoms with Crippen molar-refractivity contribution in [2.75, 3.05) is 13.7 Å². The molecule has 0 aromatic rings. The van der Waals surface area contributed by atoms with E-state index in [1.807, 2.05) is 13.8 Å². The molecular formula is C12H22N2O4. The number of likely N-dealkylation sites (tertiary alicyclic amines) is 1. The van der Waals surface area contributed by atoms with Crippen LogP contribution in [0.25, 0.3) is 0 Å². The monoisotopic (exact) mass is 258 g/mol. The van der Waals surface area contributed by atoms with Gasteiger partial charge in [-0.1, -0.05) is 20.3 Å². The molecule has 1 heterocycles. The van der Waals surface area contributed by atoms with E-state index in [2.05, 4.69) is 0 Å². The predicted molar refractivity (Wildman–Crippen MR) is 66.0 cm³/mol. The highest BCUT2D eigenvalue weighted by atomic mass is 16.5. The van der Waals surface area contributed by atoms with E-state index in [4.69, 9.17) is 15.6 Å². The number of nitrogens with zero attached hydrogens (tertiary/aromatic N) is 1. The first-order valence-corrected chi connectivity index (χ1v) is 6.24. The maximum absolute atomic E-state index is 12.2. The summed E-state index contributed by atoms with van der Waals surface area (Å²) in [5.74, 6) is -1.26. The van der Waals surface area contributed by atoms with E-state index in [-0.39, 0.29) is 17.9 Å². The quantitative estimate of drug-likeness (QED) is 0.727. The van der Waals surface area contributed by atoms with Crippen LogP contribution in [-0.4, -0.2) is 53.7 Å². The Hall–Kier alpha value is -1.14. The molecule has 4 atom stereocenters. The van der Waals surface area contributed by atoms with Crippen LogP contribution in [-0.2, 0) is 14.3 Å². The molecule has 6 heteroatoms. The van der Waals surface area contributed by atoms with E-state index < -0.39 is 18.1 Å². The molecule has 1 fully saturated rings. The number of ether oxygens (including phenoxy) is 1. The van der Waals surface area contributed by atoms with E-state index >= 15 is 0 Å². The summed E-state index contributed by atoms with van der Waals surface area (Å²) in [6, 6.07) is -1.47. The summed E-state index contributed by atoms with van der Waals surface area (Å²) < 4.78 is 5.14. The second kappa shape index (κ2) is 6.15. The molecule has 0 radical (unpaired) electrons. The lowest BCUT2D eigenvalue weighted by molar-refractivity contribution is -0.149. The molecule has 1 amide bonds. The number of amides is 1. The van der Waals surface area contributed by atoms with E-state index in [1.54, 1.807) is 0 Å². The Morgan fingerprint density at radius 3 is 2.61 bits per heavy atom. The minimum absolute atomic E-state index is 0.0357. The normalized spacial score (nSPS) is 27.0. The van der Waals surface area contributed by atoms with Crippen molar-refractivity contribution in [1.29, 1.82) is 0 Å². The molecule has 6 nitrogen and oxygen atoms in total. The summed E-state index contributed by atoms with van der Waals surface area (Å²) in [5, 5.41) is 9.13. The van der Waals surface area contributed by atoms with Gasteiger partial charge in [0, 0.05) is 20.1 Å². The zero-order valence-electron chi connectivity index (χ0n) is 11.1. The van der Waals surface area contributed by atoms with Gasteiger partial charge in [-0.15, -0.1) is 0 Å². The van der Waals surface area contributed by atoms with Gasteiger partial charge in [-0.25, -0.2) is 4.79 Å². The average molecular weight is 258 g/mol. The number of hydrogen-bond acceptors (Lipinski definition) is 4. The van der Waals surface area contributed by atoms with Gasteiger partial charge in [0.05, 0.1) is 12.1 Å². The topological polar surface area (TPSA) is 92.9 Å². The van der Waals surface area contributed by atoms with Gasteiger partial charge in [0.15, 0.2) is 0 Å². The lowest BCUT2D eigenvalue weighted by Gasteiger charge is -2.27. The fourth-order valence-corrected chi connectivity index (χ4v) is 2.13. The molecular weight excluding hydrogens is 236 g/mol. The van der Waals surface area contributed by atoms with E-state index in [1.165, 1.54) is 12.0 Å². The fraction of sp³-hybridized carbons (Fsp3) is 0.833. The summed E-state index contributed by atoms with van der Waals surface area (Å²) in [6.45, 7) is 4.15. The molecule has 0 aromatic heterocycles. The number of methoxy groups -OCH3 is 1. The molecule has 1 aliphatic rings. The van der Waals surface area contributed by atoms with E-state index in [0.717, 1.165) is 6.42 Å². The minimum Gasteiger partial charge on any atom is -0.480 e. The number of carboxylic acid groups (broad SMARTS) is 1. The molecule has 0 bridgehead atoms. The zero-order valence-corrected chi connectivity index (χ0v) is 11.1. The first-order chi connectivity index (χ1) is 8.42. The molecule has 18 heavy (non-hydrogen) atoms. The lowest BCUT2D eigenvalue weighted by atomic mass is 9.98. The Morgan fingerprint density at radius 1 is 1.56 bits per heavy atom. The van der Waals surface area contributed by atoms with Crippen LogP contribution < -0.4 is 5.73 Å². The number of nitrogens with two attached hydrogens (primary N) is 1. The summed E-state index contributed by atoms with van der Waals surface area (Å²) >= 11 is 0. The summed E-state index contributed by atoms with van der Waals surface area (Å²) in [7, 11) is 1.52. The largest absolute Gasteiger partial charge is 0.480 e. The van der Waals surface area contributed by atoms with Gasteiger partial charge in [-0.3, -0.25) is 4.79 Å². The van der Waals surface area contributed by atoms with Crippen LogP contribution in [0.15, 0.2) is 0 Å². The summed E-state index contributed by atoms with van der Waals surface area (Å²) in [6.07, 6.45) is 0.885. The third-order valence-corrected chi connectivity index (χ3v) is 3.71. The highest BCUT2D eigenvalue weighted by Crippen LogP contribution is 2.22. The average Bonchev–Trinajstić information content (AvgIpc) is 2.80. The van der Waals surface area contributed by atoms with Crippen molar-refractivity contribution in [1.82, 2.24) is 4.90 Å². The molecule has 0 aromatic carbocycles. The van der Waals surface area contributed by atoms with Crippen LogP contribution in [0.4, 0.5) is 0 Å². The maximum atomic E-state index is 12.2. The summed E-state index contributed by atoms with van der Waals surface area (Å²) in [5.41, 5.74) is 5.88. The molecule has 104 valence electrons. The smallest absolute Gasteiger partial charge is 0.326 e. The first kappa shape index (κ1) is 14.9. The van der Waals surface area contributed by atoms with Crippen molar-refractivity contribution in [3.63, 3.8) is 0 Å². The zero-order chi connectivity index (χ0) is 13.9. The molecule has 3 unspecified atom stereocenters. The SMILES string of the molecule is CCC(C)[C@H](N)C(=O)N1CC(OC)CC1C(=O)O. The predicted octanol–water partition coefficient (Wildman–Crippen LogP) is 0.0603. The van der Waals surface area contributed by atoms with Crippen molar-refractivity contribution >= 4 is 11.9 Å². The van der Waals surface area contributed by atoms with Gasteiger partial charge < -0.3 is 20.5 Å². The van der Waals surface area contributed by atoms with E-state index in [9.17, 15) is 9.59 Å². The molecule has 1 saturated heterocycles.